The molecular weight excluding hydrogens is 168 g/mol. The first-order valence-corrected chi connectivity index (χ1v) is 5.17. The van der Waals surface area contributed by atoms with Gasteiger partial charge in [-0.05, 0) is 24.3 Å². The van der Waals surface area contributed by atoms with Crippen LogP contribution < -0.4 is 0 Å². The fraction of sp³-hybridized carbons (Fsp3) is 0.300. The lowest BCUT2D eigenvalue weighted by molar-refractivity contribution is 0.108. The Hall–Kier alpha value is -0.760. The molecule has 2 heteroatoms. The molecule has 64 valence electrons. The summed E-state index contributed by atoms with van der Waals surface area (Å²) in [6, 6.07) is 7.79. The van der Waals surface area contributed by atoms with Gasteiger partial charge in [0.2, 0.25) is 5.12 Å². The standard InChI is InChI=1S/C10H12OS/c1-3-8-5-4-6-9(7-8)10(11)12-2/h4-7H,3H2,1-2H3. The molecule has 0 amide bonds. The van der Waals surface area contributed by atoms with Crippen LogP contribution in [0.2, 0.25) is 0 Å². The third kappa shape index (κ3) is 2.11. The predicted molar refractivity (Wildman–Crippen MR) is 53.7 cm³/mol. The highest BCUT2D eigenvalue weighted by atomic mass is 32.2. The van der Waals surface area contributed by atoms with Gasteiger partial charge in [0.1, 0.15) is 0 Å². The summed E-state index contributed by atoms with van der Waals surface area (Å²) in [4.78, 5) is 11.2. The van der Waals surface area contributed by atoms with Crippen molar-refractivity contribution in [3.63, 3.8) is 0 Å². The Bertz CT molecular complexity index is 281. The zero-order chi connectivity index (χ0) is 8.97. The SMILES string of the molecule is CCc1cccc(C(=O)SC)c1. The van der Waals surface area contributed by atoms with Crippen molar-refractivity contribution >= 4 is 16.9 Å². The van der Waals surface area contributed by atoms with Gasteiger partial charge in [0.25, 0.3) is 0 Å². The number of benzene rings is 1. The highest BCUT2D eigenvalue weighted by molar-refractivity contribution is 8.13. The molecule has 0 radical (unpaired) electrons. The molecular formula is C10H12OS. The minimum atomic E-state index is 0.144. The van der Waals surface area contributed by atoms with E-state index in [1.807, 2.05) is 24.3 Å². The first-order valence-electron chi connectivity index (χ1n) is 3.95. The summed E-state index contributed by atoms with van der Waals surface area (Å²) in [5.41, 5.74) is 2.02. The van der Waals surface area contributed by atoms with Gasteiger partial charge in [-0.25, -0.2) is 0 Å². The van der Waals surface area contributed by atoms with Crippen LogP contribution in [0.5, 0.6) is 0 Å². The first-order chi connectivity index (χ1) is 5.77. The zero-order valence-corrected chi connectivity index (χ0v) is 8.15. The molecule has 0 heterocycles. The molecule has 0 saturated carbocycles. The van der Waals surface area contributed by atoms with E-state index in [9.17, 15) is 4.79 Å². The average Bonchev–Trinajstić information content (AvgIpc) is 2.17. The van der Waals surface area contributed by atoms with Crippen LogP contribution in [0, 0.1) is 0 Å². The molecule has 0 bridgehead atoms. The molecule has 0 unspecified atom stereocenters. The zero-order valence-electron chi connectivity index (χ0n) is 7.33. The molecule has 0 N–H and O–H groups in total. The van der Waals surface area contributed by atoms with Gasteiger partial charge in [-0.1, -0.05) is 36.9 Å². The van der Waals surface area contributed by atoms with Crippen molar-refractivity contribution < 1.29 is 4.79 Å². The Kier molecular flexibility index (Phi) is 3.35. The lowest BCUT2D eigenvalue weighted by Gasteiger charge is -1.99. The van der Waals surface area contributed by atoms with Crippen LogP contribution in [-0.2, 0) is 6.42 Å². The van der Waals surface area contributed by atoms with E-state index in [-0.39, 0.29) is 5.12 Å². The second kappa shape index (κ2) is 4.31. The first kappa shape index (κ1) is 9.33. The monoisotopic (exact) mass is 180 g/mol. The second-order valence-corrected chi connectivity index (χ2v) is 3.32. The van der Waals surface area contributed by atoms with Crippen LogP contribution in [0.25, 0.3) is 0 Å². The van der Waals surface area contributed by atoms with Gasteiger partial charge in [-0.3, -0.25) is 4.79 Å². The Labute approximate surface area is 77.2 Å². The van der Waals surface area contributed by atoms with Crippen molar-refractivity contribution in [3.05, 3.63) is 35.4 Å². The Morgan fingerprint density at radius 2 is 2.25 bits per heavy atom. The van der Waals surface area contributed by atoms with Gasteiger partial charge < -0.3 is 0 Å². The molecule has 0 fully saturated rings. The maximum absolute atomic E-state index is 11.2. The minimum absolute atomic E-state index is 0.144. The molecule has 1 aromatic carbocycles. The van der Waals surface area contributed by atoms with Gasteiger partial charge >= 0.3 is 0 Å². The second-order valence-electron chi connectivity index (χ2n) is 2.55. The summed E-state index contributed by atoms with van der Waals surface area (Å²) < 4.78 is 0. The molecule has 0 aliphatic carbocycles. The third-order valence-electron chi connectivity index (χ3n) is 1.76. The van der Waals surface area contributed by atoms with Crippen molar-refractivity contribution in [3.8, 4) is 0 Å². The third-order valence-corrected chi connectivity index (χ3v) is 2.36. The van der Waals surface area contributed by atoms with Crippen molar-refractivity contribution in [2.75, 3.05) is 6.26 Å². The molecule has 0 atom stereocenters. The normalized spacial score (nSPS) is 9.83. The molecule has 12 heavy (non-hydrogen) atoms. The topological polar surface area (TPSA) is 17.1 Å². The minimum Gasteiger partial charge on any atom is -0.282 e. The summed E-state index contributed by atoms with van der Waals surface area (Å²) in [5.74, 6) is 0. The fourth-order valence-corrected chi connectivity index (χ4v) is 1.40. The molecule has 0 aliphatic rings. The maximum atomic E-state index is 11.2. The number of carbonyl (C=O) groups is 1. The molecule has 0 aliphatic heterocycles. The van der Waals surface area contributed by atoms with E-state index in [4.69, 9.17) is 0 Å². The summed E-state index contributed by atoms with van der Waals surface area (Å²) in [5, 5.41) is 0.144. The molecule has 0 spiro atoms. The lowest BCUT2D eigenvalue weighted by Crippen LogP contribution is -1.92. The van der Waals surface area contributed by atoms with Crippen LogP contribution >= 0.6 is 11.8 Å². The number of rotatable bonds is 2. The highest BCUT2D eigenvalue weighted by Crippen LogP contribution is 2.11. The van der Waals surface area contributed by atoms with E-state index in [0.29, 0.717) is 0 Å². The summed E-state index contributed by atoms with van der Waals surface area (Å²) in [6.07, 6.45) is 2.79. The molecule has 1 nitrogen and oxygen atoms in total. The number of hydrogen-bond donors (Lipinski definition) is 0. The highest BCUT2D eigenvalue weighted by Gasteiger charge is 2.02. The van der Waals surface area contributed by atoms with E-state index in [1.54, 1.807) is 6.26 Å². The van der Waals surface area contributed by atoms with Crippen molar-refractivity contribution in [2.24, 2.45) is 0 Å². The van der Waals surface area contributed by atoms with Gasteiger partial charge in [-0.15, -0.1) is 0 Å². The van der Waals surface area contributed by atoms with Crippen LogP contribution in [0.1, 0.15) is 22.8 Å². The number of thioether (sulfide) groups is 1. The van der Waals surface area contributed by atoms with E-state index in [0.717, 1.165) is 12.0 Å². The van der Waals surface area contributed by atoms with Gasteiger partial charge in [0, 0.05) is 5.56 Å². The molecule has 1 aromatic rings. The number of hydrogen-bond acceptors (Lipinski definition) is 2. The van der Waals surface area contributed by atoms with E-state index in [1.165, 1.54) is 17.3 Å². The summed E-state index contributed by atoms with van der Waals surface area (Å²) in [6.45, 7) is 2.09. The Morgan fingerprint density at radius 3 is 2.83 bits per heavy atom. The summed E-state index contributed by atoms with van der Waals surface area (Å²) in [7, 11) is 0. The van der Waals surface area contributed by atoms with Gasteiger partial charge in [0.05, 0.1) is 0 Å². The summed E-state index contributed by atoms with van der Waals surface area (Å²) >= 11 is 1.26. The van der Waals surface area contributed by atoms with E-state index in [2.05, 4.69) is 6.92 Å². The maximum Gasteiger partial charge on any atom is 0.219 e. The fourth-order valence-electron chi connectivity index (χ4n) is 1.04. The van der Waals surface area contributed by atoms with Crippen LogP contribution in [0.15, 0.2) is 24.3 Å². The number of aryl methyl sites for hydroxylation is 1. The van der Waals surface area contributed by atoms with Crippen LogP contribution in [-0.4, -0.2) is 11.4 Å². The van der Waals surface area contributed by atoms with Gasteiger partial charge in [0.15, 0.2) is 0 Å². The van der Waals surface area contributed by atoms with Crippen LogP contribution in [0.4, 0.5) is 0 Å². The van der Waals surface area contributed by atoms with Crippen LogP contribution in [0.3, 0.4) is 0 Å². The predicted octanol–water partition coefficient (Wildman–Crippen LogP) is 2.75. The molecule has 0 saturated heterocycles. The molecule has 1 rings (SSSR count). The van der Waals surface area contributed by atoms with E-state index >= 15 is 0 Å². The Morgan fingerprint density at radius 1 is 1.50 bits per heavy atom. The smallest absolute Gasteiger partial charge is 0.219 e. The van der Waals surface area contributed by atoms with Gasteiger partial charge in [-0.2, -0.15) is 0 Å². The largest absolute Gasteiger partial charge is 0.282 e. The van der Waals surface area contributed by atoms with Crippen molar-refractivity contribution in [1.29, 1.82) is 0 Å². The van der Waals surface area contributed by atoms with Crippen molar-refractivity contribution in [2.45, 2.75) is 13.3 Å². The quantitative estimate of drug-likeness (QED) is 0.696. The van der Waals surface area contributed by atoms with E-state index < -0.39 is 0 Å². The van der Waals surface area contributed by atoms with Crippen molar-refractivity contribution in [1.82, 2.24) is 0 Å². The number of carbonyl (C=O) groups excluding carboxylic acids is 1. The Balaban J connectivity index is 2.93. The molecule has 0 aromatic heterocycles. The average molecular weight is 180 g/mol. The lowest BCUT2D eigenvalue weighted by atomic mass is 10.1.